The van der Waals surface area contributed by atoms with E-state index in [1.165, 1.54) is 31.4 Å². The number of urea groups is 1. The predicted molar refractivity (Wildman–Crippen MR) is 138 cm³/mol. The molecule has 7 nitrogen and oxygen atoms in total. The van der Waals surface area contributed by atoms with Crippen LogP contribution in [0, 0.1) is 0 Å². The first-order valence-electron chi connectivity index (χ1n) is 12.2. The van der Waals surface area contributed by atoms with Gasteiger partial charge in [0.2, 0.25) is 0 Å². The number of amides is 2. The van der Waals surface area contributed by atoms with Gasteiger partial charge in [0.25, 0.3) is 0 Å². The fourth-order valence-corrected chi connectivity index (χ4v) is 4.93. The molecule has 4 aromatic rings. The normalized spacial score (nSPS) is 14.6. The number of alkyl halides is 3. The number of pyridine rings is 1. The molecule has 0 spiro atoms. The maximum Gasteiger partial charge on any atom is 0.416 e. The van der Waals surface area contributed by atoms with Crippen LogP contribution < -0.4 is 16.4 Å². The molecule has 2 aromatic carbocycles. The lowest BCUT2D eigenvalue weighted by atomic mass is 9.85. The number of aryl methyl sites for hydroxylation is 1. The number of nitrogen functional groups attached to an aromatic ring is 1. The molecule has 0 atom stereocenters. The van der Waals surface area contributed by atoms with E-state index in [1.54, 1.807) is 16.8 Å². The van der Waals surface area contributed by atoms with Crippen molar-refractivity contribution in [1.29, 1.82) is 0 Å². The average molecular weight is 509 g/mol. The SMILES string of the molecule is Cn1nc(N)c2c(-c3ccc(NC(=O)Nc4cccc(C(F)(F)F)c4)cc3)cc(C3CCCCC3)nc21. The van der Waals surface area contributed by atoms with Crippen LogP contribution in [0.15, 0.2) is 54.6 Å². The first kappa shape index (κ1) is 24.6. The van der Waals surface area contributed by atoms with Crippen molar-refractivity contribution in [2.45, 2.75) is 44.2 Å². The predicted octanol–water partition coefficient (Wildman–Crippen LogP) is 6.93. The number of halogens is 3. The number of nitrogens with zero attached hydrogens (tertiary/aromatic N) is 3. The zero-order chi connectivity index (χ0) is 26.2. The number of nitrogens with one attached hydrogen (secondary N) is 2. The average Bonchev–Trinajstić information content (AvgIpc) is 3.17. The van der Waals surface area contributed by atoms with Crippen LogP contribution in [0.4, 0.5) is 35.2 Å². The van der Waals surface area contributed by atoms with Gasteiger partial charge in [-0.05, 0) is 60.4 Å². The van der Waals surface area contributed by atoms with E-state index in [4.69, 9.17) is 10.7 Å². The molecule has 0 saturated heterocycles. The number of hydrogen-bond donors (Lipinski definition) is 3. The molecule has 0 aliphatic heterocycles. The van der Waals surface area contributed by atoms with E-state index in [9.17, 15) is 18.0 Å². The maximum atomic E-state index is 12.9. The van der Waals surface area contributed by atoms with Crippen molar-refractivity contribution in [3.8, 4) is 11.1 Å². The molecule has 1 fully saturated rings. The lowest BCUT2D eigenvalue weighted by molar-refractivity contribution is -0.137. The molecule has 4 N–H and O–H groups in total. The van der Waals surface area contributed by atoms with Gasteiger partial charge < -0.3 is 16.4 Å². The van der Waals surface area contributed by atoms with E-state index in [0.717, 1.165) is 52.8 Å². The van der Waals surface area contributed by atoms with Crippen molar-refractivity contribution in [1.82, 2.24) is 14.8 Å². The smallest absolute Gasteiger partial charge is 0.382 e. The van der Waals surface area contributed by atoms with Crippen LogP contribution in [0.5, 0.6) is 0 Å². The molecule has 0 bridgehead atoms. The van der Waals surface area contributed by atoms with Crippen LogP contribution >= 0.6 is 0 Å². The quantitative estimate of drug-likeness (QED) is 0.278. The van der Waals surface area contributed by atoms with Gasteiger partial charge in [-0.2, -0.15) is 18.3 Å². The van der Waals surface area contributed by atoms with E-state index in [1.807, 2.05) is 19.2 Å². The van der Waals surface area contributed by atoms with Crippen LogP contribution in [0.3, 0.4) is 0 Å². The standard InChI is InChI=1S/C27H27F3N6O/c1-36-25-23(24(31)35-36)21(15-22(34-25)17-6-3-2-4-7-17)16-10-12-19(13-11-16)32-26(37)33-20-9-5-8-18(14-20)27(28,29)30/h5,8-15,17H,2-4,6-7H2,1H3,(H2,31,35)(H2,32,33,37). The molecular formula is C27H27F3N6O. The minimum absolute atomic E-state index is 0.0467. The van der Waals surface area contributed by atoms with Crippen molar-refractivity contribution in [3.63, 3.8) is 0 Å². The zero-order valence-corrected chi connectivity index (χ0v) is 20.3. The first-order valence-corrected chi connectivity index (χ1v) is 12.2. The molecule has 2 aromatic heterocycles. The first-order chi connectivity index (χ1) is 17.7. The number of rotatable bonds is 4. The molecule has 192 valence electrons. The summed E-state index contributed by atoms with van der Waals surface area (Å²) in [7, 11) is 1.83. The molecule has 1 saturated carbocycles. The maximum absolute atomic E-state index is 12.9. The van der Waals surface area contributed by atoms with Crippen LogP contribution in [-0.4, -0.2) is 20.8 Å². The van der Waals surface area contributed by atoms with Crippen molar-refractivity contribution in [2.24, 2.45) is 7.05 Å². The highest BCUT2D eigenvalue weighted by Gasteiger charge is 2.30. The van der Waals surface area contributed by atoms with Crippen molar-refractivity contribution in [2.75, 3.05) is 16.4 Å². The van der Waals surface area contributed by atoms with E-state index >= 15 is 0 Å². The third-order valence-corrected chi connectivity index (χ3v) is 6.77. The lowest BCUT2D eigenvalue weighted by Gasteiger charge is -2.22. The Hall–Kier alpha value is -4.08. The Morgan fingerprint density at radius 3 is 2.41 bits per heavy atom. The highest BCUT2D eigenvalue weighted by atomic mass is 19.4. The Labute approximate surface area is 211 Å². The van der Waals surface area contributed by atoms with Gasteiger partial charge in [0.05, 0.1) is 10.9 Å². The Kier molecular flexibility index (Phi) is 6.49. The van der Waals surface area contributed by atoms with Gasteiger partial charge in [-0.3, -0.25) is 0 Å². The summed E-state index contributed by atoms with van der Waals surface area (Å²) >= 11 is 0. The summed E-state index contributed by atoms with van der Waals surface area (Å²) in [5.41, 5.74) is 9.54. The van der Waals surface area contributed by atoms with Crippen LogP contribution in [0.25, 0.3) is 22.2 Å². The Balaban J connectivity index is 1.38. The molecule has 10 heteroatoms. The summed E-state index contributed by atoms with van der Waals surface area (Å²) in [4.78, 5) is 17.3. The molecule has 2 amide bonds. The van der Waals surface area contributed by atoms with Gasteiger partial charge in [0.15, 0.2) is 11.5 Å². The number of benzene rings is 2. The summed E-state index contributed by atoms with van der Waals surface area (Å²) < 4.78 is 40.5. The zero-order valence-electron chi connectivity index (χ0n) is 20.3. The Morgan fingerprint density at radius 2 is 1.70 bits per heavy atom. The molecule has 1 aliphatic rings. The van der Waals surface area contributed by atoms with E-state index in [0.29, 0.717) is 17.4 Å². The Morgan fingerprint density at radius 1 is 1.00 bits per heavy atom. The third-order valence-electron chi connectivity index (χ3n) is 6.77. The number of aromatic nitrogens is 3. The second-order valence-electron chi connectivity index (χ2n) is 9.37. The molecule has 1 aliphatic carbocycles. The highest BCUT2D eigenvalue weighted by Crippen LogP contribution is 2.38. The molecule has 37 heavy (non-hydrogen) atoms. The second-order valence-corrected chi connectivity index (χ2v) is 9.37. The molecule has 0 unspecified atom stereocenters. The van der Waals surface area contributed by atoms with Crippen molar-refractivity contribution < 1.29 is 18.0 Å². The molecular weight excluding hydrogens is 481 g/mol. The highest BCUT2D eigenvalue weighted by molar-refractivity contribution is 6.02. The van der Waals surface area contributed by atoms with E-state index in [-0.39, 0.29) is 5.69 Å². The number of anilines is 3. The van der Waals surface area contributed by atoms with Gasteiger partial charge in [-0.15, -0.1) is 0 Å². The van der Waals surface area contributed by atoms with Crippen molar-refractivity contribution >= 4 is 34.3 Å². The van der Waals surface area contributed by atoms with Crippen LogP contribution in [0.1, 0.15) is 49.3 Å². The number of carbonyl (C=O) groups excluding carboxylic acids is 1. The number of carbonyl (C=O) groups is 1. The molecule has 0 radical (unpaired) electrons. The van der Waals surface area contributed by atoms with Gasteiger partial charge in [0.1, 0.15) is 0 Å². The summed E-state index contributed by atoms with van der Waals surface area (Å²) in [6, 6.07) is 13.1. The van der Waals surface area contributed by atoms with Gasteiger partial charge >= 0.3 is 12.2 Å². The van der Waals surface area contributed by atoms with E-state index < -0.39 is 17.8 Å². The second kappa shape index (κ2) is 9.76. The van der Waals surface area contributed by atoms with Gasteiger partial charge in [0, 0.05) is 30.0 Å². The van der Waals surface area contributed by atoms with Crippen molar-refractivity contribution in [3.05, 3.63) is 65.9 Å². The largest absolute Gasteiger partial charge is 0.416 e. The number of nitrogens with two attached hydrogens (primary N) is 1. The minimum Gasteiger partial charge on any atom is -0.382 e. The van der Waals surface area contributed by atoms with Crippen LogP contribution in [-0.2, 0) is 13.2 Å². The number of fused-ring (bicyclic) bond motifs is 1. The summed E-state index contributed by atoms with van der Waals surface area (Å²) in [6.07, 6.45) is 1.35. The van der Waals surface area contributed by atoms with Gasteiger partial charge in [-0.1, -0.05) is 37.5 Å². The topological polar surface area (TPSA) is 97.9 Å². The fourth-order valence-electron chi connectivity index (χ4n) is 4.93. The minimum atomic E-state index is -4.49. The summed E-state index contributed by atoms with van der Waals surface area (Å²) in [5, 5.41) is 10.3. The Bertz CT molecular complexity index is 1440. The fraction of sp³-hybridized carbons (Fsp3) is 0.296. The monoisotopic (exact) mass is 508 g/mol. The summed E-state index contributed by atoms with van der Waals surface area (Å²) in [6.45, 7) is 0. The third kappa shape index (κ3) is 5.23. The summed E-state index contributed by atoms with van der Waals surface area (Å²) in [5.74, 6) is 0.798. The molecule has 2 heterocycles. The molecule has 5 rings (SSSR count). The van der Waals surface area contributed by atoms with Gasteiger partial charge in [-0.25, -0.2) is 14.5 Å². The van der Waals surface area contributed by atoms with E-state index in [2.05, 4.69) is 21.8 Å². The van der Waals surface area contributed by atoms with Crippen LogP contribution in [0.2, 0.25) is 0 Å². The number of hydrogen-bond acceptors (Lipinski definition) is 4. The lowest BCUT2D eigenvalue weighted by Crippen LogP contribution is -2.19.